The zero-order valence-corrected chi connectivity index (χ0v) is 7.09. The van der Waals surface area contributed by atoms with Crippen molar-refractivity contribution in [3.05, 3.63) is 0 Å². The first-order valence-electron chi connectivity index (χ1n) is 3.58. The van der Waals surface area contributed by atoms with Crippen LogP contribution in [0.2, 0.25) is 0 Å². The predicted octanol–water partition coefficient (Wildman–Crippen LogP) is 0.688. The number of hydrogen-bond donors (Lipinski definition) is 0. The largest absolute Gasteiger partial charge is 0.323 e. The van der Waals surface area contributed by atoms with Crippen LogP contribution >= 0.6 is 11.6 Å². The van der Waals surface area contributed by atoms with Crippen LogP contribution in [0.5, 0.6) is 0 Å². The topological polar surface area (TPSA) is 44.1 Å². The first-order valence-corrected chi connectivity index (χ1v) is 4.11. The van der Waals surface area contributed by atoms with Crippen LogP contribution < -0.4 is 0 Å². The number of alkyl halides is 2. The Labute approximate surface area is 74.7 Å². The van der Waals surface area contributed by atoms with Gasteiger partial charge >= 0.3 is 0 Å². The normalized spacial score (nSPS) is 28.6. The van der Waals surface area contributed by atoms with E-state index >= 15 is 0 Å². The number of amides is 1. The molecule has 1 unspecified atom stereocenters. The minimum Gasteiger partial charge on any atom is -0.323 e. The summed E-state index contributed by atoms with van der Waals surface area (Å²) in [6, 6.07) is 1.23. The molecule has 1 aliphatic heterocycles. The maximum absolute atomic E-state index is 12.7. The van der Waals surface area contributed by atoms with Gasteiger partial charge in [-0.1, -0.05) is 0 Å². The van der Waals surface area contributed by atoms with Crippen molar-refractivity contribution in [1.29, 1.82) is 5.26 Å². The molecule has 1 amide bonds. The summed E-state index contributed by atoms with van der Waals surface area (Å²) in [6.45, 7) is 0.00375. The fraction of sp³-hybridized carbons (Fsp3) is 0.714. The lowest BCUT2D eigenvalue weighted by molar-refractivity contribution is -0.128. The maximum Gasteiger partial charge on any atom is 0.238 e. The zero-order chi connectivity index (χ0) is 9.14. The average molecular weight is 191 g/mol. The summed E-state index contributed by atoms with van der Waals surface area (Å²) in [4.78, 5) is 12.2. The molecule has 0 N–H and O–H groups in total. The van der Waals surface area contributed by atoms with Gasteiger partial charge in [0.2, 0.25) is 5.91 Å². The Hall–Kier alpha value is -0.820. The number of rotatable bonds is 1. The predicted molar refractivity (Wildman–Crippen MR) is 41.3 cm³/mol. The van der Waals surface area contributed by atoms with Crippen LogP contribution in [0.25, 0.3) is 0 Å². The van der Waals surface area contributed by atoms with Gasteiger partial charge in [0.25, 0.3) is 0 Å². The molecule has 0 aliphatic carbocycles. The third-order valence-electron chi connectivity index (χ3n) is 1.83. The molecular formula is C7H8ClFN2O. The second kappa shape index (κ2) is 3.72. The van der Waals surface area contributed by atoms with E-state index in [2.05, 4.69) is 0 Å². The molecule has 0 aromatic heterocycles. The van der Waals surface area contributed by atoms with E-state index in [4.69, 9.17) is 16.9 Å². The molecule has 1 saturated heterocycles. The molecule has 1 fully saturated rings. The van der Waals surface area contributed by atoms with Crippen molar-refractivity contribution in [2.75, 3.05) is 12.4 Å². The highest BCUT2D eigenvalue weighted by Gasteiger charge is 2.34. The third kappa shape index (κ3) is 1.67. The van der Waals surface area contributed by atoms with Gasteiger partial charge < -0.3 is 4.90 Å². The Morgan fingerprint density at radius 2 is 2.50 bits per heavy atom. The molecule has 0 radical (unpaired) electrons. The molecule has 1 aliphatic rings. The quantitative estimate of drug-likeness (QED) is 0.571. The molecular weight excluding hydrogens is 183 g/mol. The molecule has 0 spiro atoms. The molecule has 0 saturated carbocycles. The van der Waals surface area contributed by atoms with Crippen molar-refractivity contribution in [1.82, 2.24) is 4.90 Å². The number of nitrogens with zero attached hydrogens (tertiary/aromatic N) is 2. The number of carbonyl (C=O) groups excluding carboxylic acids is 1. The Kier molecular flexibility index (Phi) is 2.88. The van der Waals surface area contributed by atoms with Crippen molar-refractivity contribution in [3.63, 3.8) is 0 Å². The highest BCUT2D eigenvalue weighted by molar-refractivity contribution is 6.27. The minimum atomic E-state index is -1.08. The lowest BCUT2D eigenvalue weighted by Gasteiger charge is -2.16. The van der Waals surface area contributed by atoms with Gasteiger partial charge in [-0.3, -0.25) is 4.79 Å². The molecule has 5 heteroatoms. The number of carbonyl (C=O) groups is 1. The molecule has 12 heavy (non-hydrogen) atoms. The number of likely N-dealkylation sites (tertiary alicyclic amines) is 1. The maximum atomic E-state index is 12.7. The SMILES string of the molecule is N#CC1C[C@H](F)CN1C(=O)CCl. The van der Waals surface area contributed by atoms with E-state index < -0.39 is 12.2 Å². The second-order valence-electron chi connectivity index (χ2n) is 2.66. The molecule has 2 atom stereocenters. The average Bonchev–Trinajstić information content (AvgIpc) is 2.45. The van der Waals surface area contributed by atoms with E-state index in [1.54, 1.807) is 0 Å². The van der Waals surface area contributed by atoms with E-state index in [1.807, 2.05) is 6.07 Å². The van der Waals surface area contributed by atoms with Crippen LogP contribution in [0, 0.1) is 11.3 Å². The lowest BCUT2D eigenvalue weighted by atomic mass is 10.2. The van der Waals surface area contributed by atoms with Crippen LogP contribution in [0.1, 0.15) is 6.42 Å². The van der Waals surface area contributed by atoms with Gasteiger partial charge in [-0.05, 0) is 0 Å². The van der Waals surface area contributed by atoms with E-state index in [-0.39, 0.29) is 24.8 Å². The van der Waals surface area contributed by atoms with Gasteiger partial charge in [0, 0.05) is 6.42 Å². The Balaban J connectivity index is 2.65. The van der Waals surface area contributed by atoms with Crippen LogP contribution in [-0.4, -0.2) is 35.4 Å². The van der Waals surface area contributed by atoms with Crippen molar-refractivity contribution in [2.45, 2.75) is 18.6 Å². The standard InChI is InChI=1S/C7H8ClFN2O/c8-2-7(12)11-4-5(9)1-6(11)3-10/h5-6H,1-2,4H2/t5-,6?/m0/s1. The van der Waals surface area contributed by atoms with Gasteiger partial charge in [-0.25, -0.2) is 4.39 Å². The first kappa shape index (κ1) is 9.27. The van der Waals surface area contributed by atoms with E-state index in [0.29, 0.717) is 0 Å². The van der Waals surface area contributed by atoms with Crippen molar-refractivity contribution in [2.24, 2.45) is 0 Å². The monoisotopic (exact) mass is 190 g/mol. The fourth-order valence-electron chi connectivity index (χ4n) is 1.26. The van der Waals surface area contributed by atoms with E-state index in [9.17, 15) is 9.18 Å². The molecule has 0 aromatic carbocycles. The van der Waals surface area contributed by atoms with Gasteiger partial charge in [-0.15, -0.1) is 11.6 Å². The lowest BCUT2D eigenvalue weighted by Crippen LogP contribution is -2.35. The molecule has 1 heterocycles. The second-order valence-corrected chi connectivity index (χ2v) is 2.92. The fourth-order valence-corrected chi connectivity index (χ4v) is 1.41. The summed E-state index contributed by atoms with van der Waals surface area (Å²) in [7, 11) is 0. The van der Waals surface area contributed by atoms with Crippen LogP contribution in [-0.2, 0) is 4.79 Å². The van der Waals surface area contributed by atoms with Crippen LogP contribution in [0.3, 0.4) is 0 Å². The minimum absolute atomic E-state index is 0.00375. The summed E-state index contributed by atoms with van der Waals surface area (Å²) in [5, 5.41) is 8.54. The summed E-state index contributed by atoms with van der Waals surface area (Å²) in [5.41, 5.74) is 0. The third-order valence-corrected chi connectivity index (χ3v) is 2.06. The highest BCUT2D eigenvalue weighted by atomic mass is 35.5. The Morgan fingerprint density at radius 1 is 1.83 bits per heavy atom. The smallest absolute Gasteiger partial charge is 0.238 e. The van der Waals surface area contributed by atoms with Crippen molar-refractivity contribution >= 4 is 17.5 Å². The number of halogens is 2. The molecule has 1 rings (SSSR count). The van der Waals surface area contributed by atoms with Gasteiger partial charge in [0.05, 0.1) is 12.6 Å². The highest BCUT2D eigenvalue weighted by Crippen LogP contribution is 2.19. The molecule has 66 valence electrons. The summed E-state index contributed by atoms with van der Waals surface area (Å²) < 4.78 is 12.7. The summed E-state index contributed by atoms with van der Waals surface area (Å²) in [6.07, 6.45) is -0.971. The summed E-state index contributed by atoms with van der Waals surface area (Å²) in [5.74, 6) is -0.561. The van der Waals surface area contributed by atoms with Gasteiger partial charge in [0.15, 0.2) is 0 Å². The molecule has 3 nitrogen and oxygen atoms in total. The van der Waals surface area contributed by atoms with Crippen molar-refractivity contribution in [3.8, 4) is 6.07 Å². The first-order chi connectivity index (χ1) is 5.69. The van der Waals surface area contributed by atoms with E-state index in [0.717, 1.165) is 0 Å². The zero-order valence-electron chi connectivity index (χ0n) is 6.33. The van der Waals surface area contributed by atoms with Gasteiger partial charge in [-0.2, -0.15) is 5.26 Å². The van der Waals surface area contributed by atoms with Crippen molar-refractivity contribution < 1.29 is 9.18 Å². The van der Waals surface area contributed by atoms with Crippen LogP contribution in [0.15, 0.2) is 0 Å². The molecule has 0 bridgehead atoms. The summed E-state index contributed by atoms with van der Waals surface area (Å²) >= 11 is 5.28. The van der Waals surface area contributed by atoms with E-state index in [1.165, 1.54) is 4.90 Å². The Bertz CT molecular complexity index is 228. The van der Waals surface area contributed by atoms with Gasteiger partial charge in [0.1, 0.15) is 18.1 Å². The molecule has 0 aromatic rings. The number of hydrogen-bond acceptors (Lipinski definition) is 2. The van der Waals surface area contributed by atoms with Crippen LogP contribution in [0.4, 0.5) is 4.39 Å². The number of nitriles is 1. The Morgan fingerprint density at radius 3 is 3.00 bits per heavy atom.